The van der Waals surface area contributed by atoms with Gasteiger partial charge in [0.25, 0.3) is 0 Å². The minimum Gasteiger partial charge on any atom is -0.356 e. The van der Waals surface area contributed by atoms with Crippen molar-refractivity contribution >= 4 is 5.91 Å². The van der Waals surface area contributed by atoms with Crippen molar-refractivity contribution in [1.29, 1.82) is 0 Å². The summed E-state index contributed by atoms with van der Waals surface area (Å²) >= 11 is 0. The third kappa shape index (κ3) is 4.97. The van der Waals surface area contributed by atoms with Crippen molar-refractivity contribution in [1.82, 2.24) is 5.32 Å². The van der Waals surface area contributed by atoms with Crippen molar-refractivity contribution in [2.45, 2.75) is 40.0 Å². The maximum atomic E-state index is 11.7. The molecule has 2 unspecified atom stereocenters. The van der Waals surface area contributed by atoms with Crippen LogP contribution in [0.25, 0.3) is 0 Å². The summed E-state index contributed by atoms with van der Waals surface area (Å²) in [6, 6.07) is 0. The lowest BCUT2D eigenvalue weighted by atomic mass is 9.94. The topological polar surface area (TPSA) is 55.1 Å². The third-order valence-electron chi connectivity index (χ3n) is 3.45. The van der Waals surface area contributed by atoms with Gasteiger partial charge in [0.05, 0.1) is 0 Å². The van der Waals surface area contributed by atoms with Crippen molar-refractivity contribution in [3.8, 4) is 0 Å². The predicted molar refractivity (Wildman–Crippen MR) is 66.9 cm³/mol. The lowest BCUT2D eigenvalue weighted by Crippen LogP contribution is -2.30. The zero-order chi connectivity index (χ0) is 12.1. The van der Waals surface area contributed by atoms with Crippen LogP contribution in [0.15, 0.2) is 0 Å². The number of nitrogens with one attached hydrogen (secondary N) is 1. The predicted octanol–water partition coefficient (Wildman–Crippen LogP) is 1.77. The van der Waals surface area contributed by atoms with Crippen molar-refractivity contribution in [3.63, 3.8) is 0 Å². The molecule has 3 heteroatoms. The monoisotopic (exact) mass is 226 g/mol. The van der Waals surface area contributed by atoms with E-state index in [2.05, 4.69) is 26.1 Å². The number of hydrogen-bond acceptors (Lipinski definition) is 2. The van der Waals surface area contributed by atoms with Crippen LogP contribution in [0.4, 0.5) is 0 Å². The van der Waals surface area contributed by atoms with Crippen molar-refractivity contribution < 1.29 is 4.79 Å². The van der Waals surface area contributed by atoms with E-state index < -0.39 is 0 Å². The zero-order valence-corrected chi connectivity index (χ0v) is 10.8. The fraction of sp³-hybridized carbons (Fsp3) is 0.923. The molecule has 1 saturated carbocycles. The molecule has 3 atom stereocenters. The summed E-state index contributed by atoms with van der Waals surface area (Å²) < 4.78 is 0. The van der Waals surface area contributed by atoms with Gasteiger partial charge in [-0.2, -0.15) is 0 Å². The largest absolute Gasteiger partial charge is 0.356 e. The summed E-state index contributed by atoms with van der Waals surface area (Å²) in [5.41, 5.74) is 5.68. The summed E-state index contributed by atoms with van der Waals surface area (Å²) in [6.45, 7) is 8.06. The van der Waals surface area contributed by atoms with Gasteiger partial charge in [-0.25, -0.2) is 0 Å². The zero-order valence-electron chi connectivity index (χ0n) is 10.8. The molecule has 16 heavy (non-hydrogen) atoms. The number of rotatable bonds is 7. The van der Waals surface area contributed by atoms with Gasteiger partial charge in [-0.05, 0) is 43.1 Å². The van der Waals surface area contributed by atoms with E-state index >= 15 is 0 Å². The molecule has 94 valence electrons. The molecule has 1 aliphatic carbocycles. The van der Waals surface area contributed by atoms with Crippen LogP contribution in [0.3, 0.4) is 0 Å². The lowest BCUT2D eigenvalue weighted by molar-refractivity contribution is -0.122. The van der Waals surface area contributed by atoms with Crippen molar-refractivity contribution in [3.05, 3.63) is 0 Å². The van der Waals surface area contributed by atoms with E-state index in [1.807, 2.05) is 0 Å². The second-order valence-corrected chi connectivity index (χ2v) is 5.71. The number of nitrogens with two attached hydrogens (primary N) is 1. The maximum Gasteiger partial charge on any atom is 0.220 e. The van der Waals surface area contributed by atoms with Crippen LogP contribution in [0.1, 0.15) is 40.0 Å². The average molecular weight is 226 g/mol. The van der Waals surface area contributed by atoms with Crippen molar-refractivity contribution in [2.24, 2.45) is 29.4 Å². The van der Waals surface area contributed by atoms with E-state index in [-0.39, 0.29) is 5.91 Å². The second-order valence-electron chi connectivity index (χ2n) is 5.71. The Hall–Kier alpha value is -0.570. The Morgan fingerprint density at radius 2 is 2.12 bits per heavy atom. The highest BCUT2D eigenvalue weighted by atomic mass is 16.1. The Morgan fingerprint density at radius 3 is 2.56 bits per heavy atom. The molecule has 0 saturated heterocycles. The van der Waals surface area contributed by atoms with Crippen LogP contribution in [0.2, 0.25) is 0 Å². The van der Waals surface area contributed by atoms with Crippen LogP contribution in [-0.2, 0) is 4.79 Å². The van der Waals surface area contributed by atoms with Crippen LogP contribution >= 0.6 is 0 Å². The Morgan fingerprint density at radius 1 is 1.50 bits per heavy atom. The van der Waals surface area contributed by atoms with E-state index in [1.165, 1.54) is 6.42 Å². The highest BCUT2D eigenvalue weighted by Crippen LogP contribution is 2.36. The molecule has 0 aromatic rings. The summed E-state index contributed by atoms with van der Waals surface area (Å²) in [4.78, 5) is 11.7. The minimum absolute atomic E-state index is 0.176. The van der Waals surface area contributed by atoms with Gasteiger partial charge >= 0.3 is 0 Å². The van der Waals surface area contributed by atoms with Gasteiger partial charge in [-0.1, -0.05) is 20.8 Å². The quantitative estimate of drug-likeness (QED) is 0.695. The Balaban J connectivity index is 2.15. The minimum atomic E-state index is 0.176. The first-order valence-electron chi connectivity index (χ1n) is 6.49. The molecule has 0 radical (unpaired) electrons. The van der Waals surface area contributed by atoms with Crippen LogP contribution in [0.5, 0.6) is 0 Å². The summed E-state index contributed by atoms with van der Waals surface area (Å²) in [6.07, 6.45) is 2.91. The van der Waals surface area contributed by atoms with Gasteiger partial charge in [0.1, 0.15) is 0 Å². The van der Waals surface area contributed by atoms with Gasteiger partial charge in [-0.3, -0.25) is 4.79 Å². The summed E-state index contributed by atoms with van der Waals surface area (Å²) in [5.74, 6) is 2.67. The average Bonchev–Trinajstić information content (AvgIpc) is 2.90. The number of carbonyl (C=O) groups excluding carboxylic acids is 1. The van der Waals surface area contributed by atoms with E-state index in [0.717, 1.165) is 24.8 Å². The van der Waals surface area contributed by atoms with E-state index in [4.69, 9.17) is 5.73 Å². The Bertz CT molecular complexity index is 228. The first-order valence-corrected chi connectivity index (χ1v) is 6.49. The molecule has 1 rings (SSSR count). The molecule has 0 aliphatic heterocycles. The highest BCUT2D eigenvalue weighted by Gasteiger charge is 2.32. The smallest absolute Gasteiger partial charge is 0.220 e. The van der Waals surface area contributed by atoms with Gasteiger partial charge < -0.3 is 11.1 Å². The number of hydrogen-bond donors (Lipinski definition) is 2. The Kier molecular flexibility index (Phi) is 5.26. The first-order chi connectivity index (χ1) is 7.52. The molecule has 0 bridgehead atoms. The summed E-state index contributed by atoms with van der Waals surface area (Å²) in [7, 11) is 0. The fourth-order valence-electron chi connectivity index (χ4n) is 2.19. The lowest BCUT2D eigenvalue weighted by Gasteiger charge is -2.16. The molecule has 0 heterocycles. The highest BCUT2D eigenvalue weighted by molar-refractivity contribution is 5.76. The van der Waals surface area contributed by atoms with Crippen LogP contribution in [-0.4, -0.2) is 19.0 Å². The maximum absolute atomic E-state index is 11.7. The fourth-order valence-corrected chi connectivity index (χ4v) is 2.19. The molecule has 0 aromatic heterocycles. The third-order valence-corrected chi connectivity index (χ3v) is 3.45. The van der Waals surface area contributed by atoms with Gasteiger partial charge in [0.15, 0.2) is 0 Å². The second kappa shape index (κ2) is 6.24. The molecular formula is C13H26N2O. The first kappa shape index (κ1) is 13.5. The number of amides is 1. The standard InChI is InChI=1S/C13H26N2O/c1-9(2)4-11(7-14)6-13(16)15-8-12-5-10(12)3/h9-12H,4-8,14H2,1-3H3,(H,15,16)/t10?,11-,12?/m0/s1. The normalized spacial score (nSPS) is 25.6. The van der Waals surface area contributed by atoms with Crippen LogP contribution < -0.4 is 11.1 Å². The molecule has 1 aliphatic rings. The molecular weight excluding hydrogens is 200 g/mol. The van der Waals surface area contributed by atoms with E-state index in [1.54, 1.807) is 0 Å². The molecule has 3 nitrogen and oxygen atoms in total. The summed E-state index contributed by atoms with van der Waals surface area (Å²) in [5, 5.41) is 3.02. The Labute approximate surface area is 99.2 Å². The molecule has 3 N–H and O–H groups in total. The molecule has 1 amide bonds. The van der Waals surface area contributed by atoms with E-state index in [9.17, 15) is 4.79 Å². The molecule has 1 fully saturated rings. The SMILES string of the molecule is CC(C)C[C@H](CN)CC(=O)NCC1CC1C. The van der Waals surface area contributed by atoms with E-state index in [0.29, 0.717) is 24.8 Å². The molecule has 0 spiro atoms. The van der Waals surface area contributed by atoms with Gasteiger partial charge in [-0.15, -0.1) is 0 Å². The van der Waals surface area contributed by atoms with Crippen LogP contribution in [0, 0.1) is 23.7 Å². The molecule has 0 aromatic carbocycles. The van der Waals surface area contributed by atoms with Crippen molar-refractivity contribution in [2.75, 3.05) is 13.1 Å². The van der Waals surface area contributed by atoms with Gasteiger partial charge in [0, 0.05) is 13.0 Å². The van der Waals surface area contributed by atoms with Gasteiger partial charge in [0.2, 0.25) is 5.91 Å². The number of carbonyl (C=O) groups is 1.